The number of benzene rings is 2. The van der Waals surface area contributed by atoms with Crippen LogP contribution in [0.25, 0.3) is 0 Å². The summed E-state index contributed by atoms with van der Waals surface area (Å²) in [4.78, 5) is 0. The molecule has 1 N–H and O–H groups in total. The smallest absolute Gasteiger partial charge is 0.141 e. The van der Waals surface area contributed by atoms with E-state index in [0.717, 1.165) is 32.6 Å². The molecule has 0 aliphatic rings. The van der Waals surface area contributed by atoms with E-state index in [9.17, 15) is 0 Å². The van der Waals surface area contributed by atoms with Gasteiger partial charge >= 0.3 is 0 Å². The van der Waals surface area contributed by atoms with Crippen molar-refractivity contribution in [3.05, 3.63) is 56.5 Å². The minimum atomic E-state index is 0.327. The van der Waals surface area contributed by atoms with E-state index in [1.54, 1.807) is 0 Å². The Labute approximate surface area is 143 Å². The van der Waals surface area contributed by atoms with Crippen LogP contribution in [0, 0.1) is 6.92 Å². The highest BCUT2D eigenvalue weighted by atomic mass is 79.9. The van der Waals surface area contributed by atoms with Crippen LogP contribution in [0.2, 0.25) is 0 Å². The average Bonchev–Trinajstić information content (AvgIpc) is 2.45. The van der Waals surface area contributed by atoms with Crippen LogP contribution in [-0.2, 0) is 0 Å². The SMILES string of the molecule is CCNC(C)c1ccc(Oc2cc(Br)ccc2C)c(Br)c1. The van der Waals surface area contributed by atoms with Crippen molar-refractivity contribution in [2.45, 2.75) is 26.8 Å². The maximum absolute atomic E-state index is 6.02. The van der Waals surface area contributed by atoms with Gasteiger partial charge in [-0.05, 0) is 71.7 Å². The fourth-order valence-electron chi connectivity index (χ4n) is 2.10. The van der Waals surface area contributed by atoms with Gasteiger partial charge in [0.05, 0.1) is 4.47 Å². The van der Waals surface area contributed by atoms with Crippen molar-refractivity contribution in [3.63, 3.8) is 0 Å². The summed E-state index contributed by atoms with van der Waals surface area (Å²) in [6.07, 6.45) is 0. The standard InChI is InChI=1S/C17H19Br2NO/c1-4-20-12(3)13-6-8-16(15(19)9-13)21-17-10-14(18)7-5-11(17)2/h5-10,12,20H,4H2,1-3H3. The number of rotatable bonds is 5. The zero-order chi connectivity index (χ0) is 15.4. The largest absolute Gasteiger partial charge is 0.456 e. The number of ether oxygens (including phenoxy) is 1. The molecule has 1 atom stereocenters. The van der Waals surface area contributed by atoms with Crippen molar-refractivity contribution in [2.24, 2.45) is 0 Å². The minimum Gasteiger partial charge on any atom is -0.456 e. The van der Waals surface area contributed by atoms with Crippen LogP contribution in [0.5, 0.6) is 11.5 Å². The van der Waals surface area contributed by atoms with Crippen LogP contribution in [0.15, 0.2) is 45.3 Å². The Balaban J connectivity index is 2.23. The van der Waals surface area contributed by atoms with E-state index in [4.69, 9.17) is 4.74 Å². The zero-order valence-corrected chi connectivity index (χ0v) is 15.6. The molecule has 0 spiro atoms. The molecule has 2 rings (SSSR count). The highest BCUT2D eigenvalue weighted by Crippen LogP contribution is 2.34. The average molecular weight is 413 g/mol. The first-order chi connectivity index (χ1) is 10.0. The Morgan fingerprint density at radius 3 is 2.52 bits per heavy atom. The molecule has 0 heterocycles. The monoisotopic (exact) mass is 411 g/mol. The van der Waals surface area contributed by atoms with Crippen LogP contribution in [0.1, 0.15) is 31.0 Å². The van der Waals surface area contributed by atoms with Crippen molar-refractivity contribution in [3.8, 4) is 11.5 Å². The van der Waals surface area contributed by atoms with E-state index < -0.39 is 0 Å². The normalized spacial score (nSPS) is 12.2. The molecule has 112 valence electrons. The molecule has 0 aliphatic carbocycles. The molecule has 0 amide bonds. The molecule has 0 aromatic heterocycles. The van der Waals surface area contributed by atoms with Crippen LogP contribution < -0.4 is 10.1 Å². The number of halogens is 2. The molecule has 0 bridgehead atoms. The summed E-state index contributed by atoms with van der Waals surface area (Å²) >= 11 is 7.08. The first-order valence-corrected chi connectivity index (χ1v) is 8.56. The van der Waals surface area contributed by atoms with Gasteiger partial charge < -0.3 is 10.1 Å². The minimum absolute atomic E-state index is 0.327. The predicted octanol–water partition coefficient (Wildman–Crippen LogP) is 5.98. The van der Waals surface area contributed by atoms with Crippen LogP contribution >= 0.6 is 31.9 Å². The van der Waals surface area contributed by atoms with Gasteiger partial charge in [-0.1, -0.05) is 35.0 Å². The molecule has 1 unspecified atom stereocenters. The van der Waals surface area contributed by atoms with Crippen molar-refractivity contribution in [1.29, 1.82) is 0 Å². The predicted molar refractivity (Wildman–Crippen MR) is 95.2 cm³/mol. The summed E-state index contributed by atoms with van der Waals surface area (Å²) in [6.45, 7) is 7.26. The third-order valence-corrected chi connectivity index (χ3v) is 4.45. The fourth-order valence-corrected chi connectivity index (χ4v) is 2.91. The van der Waals surface area contributed by atoms with E-state index in [0.29, 0.717) is 6.04 Å². The van der Waals surface area contributed by atoms with E-state index in [1.165, 1.54) is 5.56 Å². The zero-order valence-electron chi connectivity index (χ0n) is 12.4. The van der Waals surface area contributed by atoms with Gasteiger partial charge in [-0.25, -0.2) is 0 Å². The summed E-state index contributed by atoms with van der Waals surface area (Å²) in [6, 6.07) is 12.6. The molecule has 0 radical (unpaired) electrons. The van der Waals surface area contributed by atoms with Crippen molar-refractivity contribution in [1.82, 2.24) is 5.32 Å². The van der Waals surface area contributed by atoms with E-state index in [1.807, 2.05) is 31.2 Å². The van der Waals surface area contributed by atoms with Crippen LogP contribution in [0.4, 0.5) is 0 Å². The molecular weight excluding hydrogens is 394 g/mol. The van der Waals surface area contributed by atoms with Crippen LogP contribution in [-0.4, -0.2) is 6.54 Å². The van der Waals surface area contributed by atoms with E-state index >= 15 is 0 Å². The molecule has 0 fully saturated rings. The second-order valence-corrected chi connectivity index (χ2v) is 6.75. The Morgan fingerprint density at radius 2 is 1.86 bits per heavy atom. The molecule has 0 saturated carbocycles. The fraction of sp³-hybridized carbons (Fsp3) is 0.294. The third-order valence-electron chi connectivity index (χ3n) is 3.34. The second kappa shape index (κ2) is 7.43. The van der Waals surface area contributed by atoms with Crippen molar-refractivity contribution in [2.75, 3.05) is 6.54 Å². The summed E-state index contributed by atoms with van der Waals surface area (Å²) in [7, 11) is 0. The molecule has 0 aliphatic heterocycles. The second-order valence-electron chi connectivity index (χ2n) is 4.98. The molecule has 2 nitrogen and oxygen atoms in total. The molecule has 0 saturated heterocycles. The van der Waals surface area contributed by atoms with E-state index in [-0.39, 0.29) is 0 Å². The number of hydrogen-bond donors (Lipinski definition) is 1. The van der Waals surface area contributed by atoms with Gasteiger partial charge in [0.25, 0.3) is 0 Å². The van der Waals surface area contributed by atoms with Gasteiger partial charge in [0.1, 0.15) is 11.5 Å². The maximum atomic E-state index is 6.02. The Hall–Kier alpha value is -0.840. The number of nitrogens with one attached hydrogen (secondary N) is 1. The lowest BCUT2D eigenvalue weighted by Crippen LogP contribution is -2.17. The number of aryl methyl sites for hydroxylation is 1. The van der Waals surface area contributed by atoms with Gasteiger partial charge in [-0.2, -0.15) is 0 Å². The van der Waals surface area contributed by atoms with Gasteiger partial charge in [0.2, 0.25) is 0 Å². The Kier molecular flexibility index (Phi) is 5.85. The highest BCUT2D eigenvalue weighted by molar-refractivity contribution is 9.10. The van der Waals surface area contributed by atoms with Gasteiger partial charge in [0.15, 0.2) is 0 Å². The van der Waals surface area contributed by atoms with E-state index in [2.05, 4.69) is 63.2 Å². The highest BCUT2D eigenvalue weighted by Gasteiger charge is 2.10. The van der Waals surface area contributed by atoms with Gasteiger partial charge in [-0.15, -0.1) is 0 Å². The van der Waals surface area contributed by atoms with Gasteiger partial charge in [-0.3, -0.25) is 0 Å². The Morgan fingerprint density at radius 1 is 1.10 bits per heavy atom. The molecule has 21 heavy (non-hydrogen) atoms. The molecule has 2 aromatic carbocycles. The number of hydrogen-bond acceptors (Lipinski definition) is 2. The van der Waals surface area contributed by atoms with Crippen LogP contribution in [0.3, 0.4) is 0 Å². The molecule has 2 aromatic rings. The first-order valence-electron chi connectivity index (χ1n) is 6.98. The third kappa shape index (κ3) is 4.31. The quantitative estimate of drug-likeness (QED) is 0.651. The van der Waals surface area contributed by atoms with Crippen molar-refractivity contribution < 1.29 is 4.74 Å². The topological polar surface area (TPSA) is 21.3 Å². The lowest BCUT2D eigenvalue weighted by Gasteiger charge is -2.15. The molecule has 4 heteroatoms. The maximum Gasteiger partial charge on any atom is 0.141 e. The lowest BCUT2D eigenvalue weighted by molar-refractivity contribution is 0.474. The molecular formula is C17H19Br2NO. The summed E-state index contributed by atoms with van der Waals surface area (Å²) in [5, 5.41) is 3.41. The summed E-state index contributed by atoms with van der Waals surface area (Å²) < 4.78 is 7.99. The lowest BCUT2D eigenvalue weighted by atomic mass is 10.1. The van der Waals surface area contributed by atoms with Crippen molar-refractivity contribution >= 4 is 31.9 Å². The Bertz CT molecular complexity index is 628. The summed E-state index contributed by atoms with van der Waals surface area (Å²) in [5.74, 6) is 1.68. The first kappa shape index (κ1) is 16.5. The summed E-state index contributed by atoms with van der Waals surface area (Å²) in [5.41, 5.74) is 2.34. The van der Waals surface area contributed by atoms with Gasteiger partial charge in [0, 0.05) is 10.5 Å².